The van der Waals surface area contributed by atoms with Crippen LogP contribution in [0.2, 0.25) is 0 Å². The molecule has 2 N–H and O–H groups in total. The normalized spacial score (nSPS) is 19.2. The van der Waals surface area contributed by atoms with E-state index in [2.05, 4.69) is 11.5 Å². The molecule has 10 heteroatoms. The lowest BCUT2D eigenvalue weighted by atomic mass is 9.95. The predicted octanol–water partition coefficient (Wildman–Crippen LogP) is 1.38. The highest BCUT2D eigenvalue weighted by atomic mass is 32.2. The molecule has 1 aromatic carbocycles. The van der Waals surface area contributed by atoms with E-state index in [0.29, 0.717) is 19.6 Å². The summed E-state index contributed by atoms with van der Waals surface area (Å²) in [5.41, 5.74) is 2.39. The molecule has 1 aromatic rings. The van der Waals surface area contributed by atoms with Gasteiger partial charge in [-0.1, -0.05) is 6.08 Å². The minimum Gasteiger partial charge on any atom is -0.381 e. The number of ether oxygens (including phenoxy) is 1. The van der Waals surface area contributed by atoms with Gasteiger partial charge in [0.05, 0.1) is 4.90 Å². The number of sulfone groups is 1. The molecule has 9 nitrogen and oxygen atoms in total. The summed E-state index contributed by atoms with van der Waals surface area (Å²) in [5, 5.41) is 9.16. The van der Waals surface area contributed by atoms with Crippen LogP contribution in [0.3, 0.4) is 0 Å². The molecule has 0 saturated carbocycles. The van der Waals surface area contributed by atoms with Gasteiger partial charge in [0.2, 0.25) is 5.91 Å². The highest BCUT2D eigenvalue weighted by Gasteiger charge is 2.52. The van der Waals surface area contributed by atoms with Crippen LogP contribution < -0.4 is 10.4 Å². The lowest BCUT2D eigenvalue weighted by Gasteiger charge is -2.35. The number of carbonyl (C=O) groups is 2. The third-order valence-corrected chi connectivity index (χ3v) is 8.98. The summed E-state index contributed by atoms with van der Waals surface area (Å²) in [7, 11) is -2.27. The van der Waals surface area contributed by atoms with E-state index in [1.54, 1.807) is 30.2 Å². The van der Waals surface area contributed by atoms with Crippen LogP contribution in [0.25, 0.3) is 0 Å². The third kappa shape index (κ3) is 4.53. The molecule has 32 heavy (non-hydrogen) atoms. The predicted molar refractivity (Wildman–Crippen MR) is 119 cm³/mol. The van der Waals surface area contributed by atoms with Crippen LogP contribution in [-0.4, -0.2) is 75.0 Å². The van der Waals surface area contributed by atoms with Crippen molar-refractivity contribution in [2.75, 3.05) is 44.8 Å². The van der Waals surface area contributed by atoms with Crippen molar-refractivity contribution in [3.63, 3.8) is 0 Å². The molecule has 2 heterocycles. The molecule has 0 radical (unpaired) electrons. The first kappa shape index (κ1) is 24.2. The lowest BCUT2D eigenvalue weighted by Crippen LogP contribution is -2.54. The first-order valence-corrected chi connectivity index (χ1v) is 12.2. The van der Waals surface area contributed by atoms with Crippen molar-refractivity contribution in [3.05, 3.63) is 36.9 Å². The van der Waals surface area contributed by atoms with Gasteiger partial charge in [0, 0.05) is 51.5 Å². The van der Waals surface area contributed by atoms with Crippen LogP contribution in [-0.2, 0) is 24.2 Å². The second-order valence-electron chi connectivity index (χ2n) is 8.31. The number of likely N-dealkylation sites (N-methyl/N-ethyl adjacent to an activating group) is 1. The number of hydroxylamine groups is 1. The number of amides is 2. The second-order valence-corrected chi connectivity index (χ2v) is 10.6. The van der Waals surface area contributed by atoms with Crippen LogP contribution >= 0.6 is 0 Å². The van der Waals surface area contributed by atoms with Crippen LogP contribution in [0.15, 0.2) is 41.8 Å². The van der Waals surface area contributed by atoms with E-state index in [1.807, 2.05) is 0 Å². The molecular weight excluding hydrogens is 434 g/mol. The Morgan fingerprint density at radius 3 is 2.38 bits per heavy atom. The Morgan fingerprint density at radius 1 is 1.25 bits per heavy atom. The molecule has 2 amide bonds. The Bertz CT molecular complexity index is 933. The van der Waals surface area contributed by atoms with Crippen molar-refractivity contribution in [2.24, 2.45) is 5.92 Å². The number of hydrogen-bond donors (Lipinski definition) is 2. The monoisotopic (exact) mass is 465 g/mol. The van der Waals surface area contributed by atoms with Crippen molar-refractivity contribution >= 4 is 27.3 Å². The largest absolute Gasteiger partial charge is 0.381 e. The minimum atomic E-state index is -4.05. The molecule has 2 fully saturated rings. The standard InChI is InChI=1S/C22H31N3O6S/c1-3-12-24(2)20(26)17-8-13-25(14-9-17)18-4-6-19(7-5-18)32(29,30)22(21(27)23-28)10-15-31-16-11-22/h3-7,17,28H,1,8-16H2,2H3,(H,23,27). The smallest absolute Gasteiger partial charge is 0.265 e. The molecule has 0 bridgehead atoms. The number of carbonyl (C=O) groups excluding carboxylic acids is 2. The molecule has 0 unspecified atom stereocenters. The number of hydrogen-bond acceptors (Lipinski definition) is 7. The molecule has 2 saturated heterocycles. The first-order chi connectivity index (χ1) is 15.3. The van der Waals surface area contributed by atoms with Gasteiger partial charge in [-0.15, -0.1) is 6.58 Å². The Hall–Kier alpha value is -2.43. The van der Waals surface area contributed by atoms with Gasteiger partial charge in [-0.25, -0.2) is 13.9 Å². The zero-order valence-electron chi connectivity index (χ0n) is 18.3. The maximum atomic E-state index is 13.3. The second kappa shape index (κ2) is 10.0. The maximum absolute atomic E-state index is 13.3. The fourth-order valence-electron chi connectivity index (χ4n) is 4.46. The van der Waals surface area contributed by atoms with Crippen molar-refractivity contribution in [1.82, 2.24) is 10.4 Å². The molecule has 0 spiro atoms. The number of rotatable bonds is 7. The highest BCUT2D eigenvalue weighted by Crippen LogP contribution is 2.36. The Kier molecular flexibility index (Phi) is 7.58. The Balaban J connectivity index is 1.72. The number of benzene rings is 1. The fourth-order valence-corrected chi connectivity index (χ4v) is 6.40. The lowest BCUT2D eigenvalue weighted by molar-refractivity contribution is -0.135. The van der Waals surface area contributed by atoms with Crippen LogP contribution in [0.1, 0.15) is 25.7 Å². The number of anilines is 1. The molecular formula is C22H31N3O6S. The van der Waals surface area contributed by atoms with Gasteiger partial charge in [0.25, 0.3) is 5.91 Å². The van der Waals surface area contributed by atoms with Gasteiger partial charge in [-0.3, -0.25) is 14.8 Å². The average Bonchev–Trinajstić information content (AvgIpc) is 2.83. The summed E-state index contributed by atoms with van der Waals surface area (Å²) in [6.07, 6.45) is 3.11. The summed E-state index contributed by atoms with van der Waals surface area (Å²) in [5.74, 6) is -0.839. The number of piperidine rings is 1. The van der Waals surface area contributed by atoms with E-state index in [9.17, 15) is 18.0 Å². The van der Waals surface area contributed by atoms with E-state index in [4.69, 9.17) is 9.94 Å². The summed E-state index contributed by atoms with van der Waals surface area (Å²) < 4.78 is 30.2. The van der Waals surface area contributed by atoms with Gasteiger partial charge < -0.3 is 14.5 Å². The molecule has 2 aliphatic heterocycles. The Morgan fingerprint density at radius 2 is 1.84 bits per heavy atom. The molecule has 0 aliphatic carbocycles. The van der Waals surface area contributed by atoms with Crippen LogP contribution in [0.5, 0.6) is 0 Å². The molecule has 0 atom stereocenters. The van der Waals surface area contributed by atoms with E-state index in [1.165, 1.54) is 17.6 Å². The van der Waals surface area contributed by atoms with Crippen LogP contribution in [0.4, 0.5) is 5.69 Å². The van der Waals surface area contributed by atoms with E-state index < -0.39 is 20.5 Å². The van der Waals surface area contributed by atoms with Crippen molar-refractivity contribution in [2.45, 2.75) is 35.3 Å². The highest BCUT2D eigenvalue weighted by molar-refractivity contribution is 7.93. The van der Waals surface area contributed by atoms with Gasteiger partial charge in [0.1, 0.15) is 0 Å². The number of nitrogens with zero attached hydrogens (tertiary/aromatic N) is 2. The first-order valence-electron chi connectivity index (χ1n) is 10.7. The van der Waals surface area contributed by atoms with Gasteiger partial charge in [-0.05, 0) is 49.9 Å². The quantitative estimate of drug-likeness (QED) is 0.355. The maximum Gasteiger partial charge on any atom is 0.265 e. The zero-order chi connectivity index (χ0) is 23.4. The summed E-state index contributed by atoms with van der Waals surface area (Å²) >= 11 is 0. The SMILES string of the molecule is C=CCN(C)C(=O)C1CCN(c2ccc(S(=O)(=O)C3(C(=O)NO)CCOCC3)cc2)CC1. The third-order valence-electron chi connectivity index (χ3n) is 6.47. The van der Waals surface area contributed by atoms with Crippen molar-refractivity contribution in [3.8, 4) is 0 Å². The van der Waals surface area contributed by atoms with Crippen LogP contribution in [0, 0.1) is 5.92 Å². The topological polar surface area (TPSA) is 116 Å². The van der Waals surface area contributed by atoms with Crippen molar-refractivity contribution in [1.29, 1.82) is 0 Å². The zero-order valence-corrected chi connectivity index (χ0v) is 19.1. The van der Waals surface area contributed by atoms with E-state index >= 15 is 0 Å². The minimum absolute atomic E-state index is 0.0225. The number of nitrogens with one attached hydrogen (secondary N) is 1. The van der Waals surface area contributed by atoms with E-state index in [-0.39, 0.29) is 42.8 Å². The average molecular weight is 466 g/mol. The fraction of sp³-hybridized carbons (Fsp3) is 0.545. The molecule has 0 aromatic heterocycles. The summed E-state index contributed by atoms with van der Waals surface area (Å²) in [4.78, 5) is 28.7. The Labute approximate surface area is 188 Å². The summed E-state index contributed by atoms with van der Waals surface area (Å²) in [6.45, 7) is 5.83. The van der Waals surface area contributed by atoms with Gasteiger partial charge >= 0.3 is 0 Å². The van der Waals surface area contributed by atoms with Gasteiger partial charge in [-0.2, -0.15) is 0 Å². The van der Waals surface area contributed by atoms with E-state index in [0.717, 1.165) is 18.5 Å². The summed E-state index contributed by atoms with van der Waals surface area (Å²) in [6, 6.07) is 6.45. The van der Waals surface area contributed by atoms with Gasteiger partial charge in [0.15, 0.2) is 14.6 Å². The molecule has 176 valence electrons. The molecule has 2 aliphatic rings. The molecule has 3 rings (SSSR count). The van der Waals surface area contributed by atoms with Crippen molar-refractivity contribution < 1.29 is 28.0 Å².